The Kier molecular flexibility index (Phi) is 6.92. The number of nitrogens with zero attached hydrogens (tertiary/aromatic N) is 4. The highest BCUT2D eigenvalue weighted by Gasteiger charge is 2.27. The van der Waals surface area contributed by atoms with Crippen LogP contribution in [0.3, 0.4) is 0 Å². The summed E-state index contributed by atoms with van der Waals surface area (Å²) in [6.07, 6.45) is 2.73. The maximum absolute atomic E-state index is 13.5. The molecule has 0 bridgehead atoms. The smallest absolute Gasteiger partial charge is 0.273 e. The molecule has 1 fully saturated rings. The van der Waals surface area contributed by atoms with Gasteiger partial charge in [0, 0.05) is 30.7 Å². The quantitative estimate of drug-likeness (QED) is 0.555. The van der Waals surface area contributed by atoms with Gasteiger partial charge in [-0.3, -0.25) is 19.0 Å². The van der Waals surface area contributed by atoms with E-state index in [0.717, 1.165) is 0 Å². The SMILES string of the molecule is Cc1ccc(F)cc1NC(=O)Cn1cnc2nc(N3CCC(C(=O)NC(C)C)CC3)sc2c1=O. The zero-order valence-corrected chi connectivity index (χ0v) is 20.1. The molecule has 1 aromatic carbocycles. The lowest BCUT2D eigenvalue weighted by Gasteiger charge is -2.31. The molecule has 0 atom stereocenters. The minimum atomic E-state index is -0.456. The number of amides is 2. The van der Waals surface area contributed by atoms with Crippen molar-refractivity contribution in [3.8, 4) is 0 Å². The number of piperidine rings is 1. The first-order valence-corrected chi connectivity index (χ1v) is 12.0. The molecule has 180 valence electrons. The number of aromatic nitrogens is 3. The van der Waals surface area contributed by atoms with E-state index in [1.165, 1.54) is 34.4 Å². The normalized spacial score (nSPS) is 14.6. The summed E-state index contributed by atoms with van der Waals surface area (Å²) >= 11 is 1.24. The molecule has 0 radical (unpaired) electrons. The third kappa shape index (κ3) is 5.24. The summed E-state index contributed by atoms with van der Waals surface area (Å²) in [5.41, 5.74) is 1.05. The first kappa shape index (κ1) is 23.8. The van der Waals surface area contributed by atoms with Crippen molar-refractivity contribution in [3.63, 3.8) is 0 Å². The lowest BCUT2D eigenvalue weighted by molar-refractivity contribution is -0.126. The van der Waals surface area contributed by atoms with Crippen LogP contribution in [0.4, 0.5) is 15.2 Å². The first-order valence-electron chi connectivity index (χ1n) is 11.2. The molecular formula is C23H27FN6O3S. The van der Waals surface area contributed by atoms with Crippen molar-refractivity contribution in [2.24, 2.45) is 5.92 Å². The molecule has 0 unspecified atom stereocenters. The van der Waals surface area contributed by atoms with E-state index < -0.39 is 11.7 Å². The zero-order chi connectivity index (χ0) is 24.4. The fraction of sp³-hybridized carbons (Fsp3) is 0.435. The Morgan fingerprint density at radius 2 is 2.00 bits per heavy atom. The summed E-state index contributed by atoms with van der Waals surface area (Å²) in [4.78, 5) is 48.5. The molecule has 3 aromatic rings. The van der Waals surface area contributed by atoms with E-state index in [4.69, 9.17) is 0 Å². The van der Waals surface area contributed by atoms with Crippen LogP contribution < -0.4 is 21.1 Å². The van der Waals surface area contributed by atoms with Crippen molar-refractivity contribution in [1.82, 2.24) is 19.9 Å². The summed E-state index contributed by atoms with van der Waals surface area (Å²) in [6.45, 7) is 6.73. The van der Waals surface area contributed by atoms with E-state index in [2.05, 4.69) is 25.5 Å². The predicted octanol–water partition coefficient (Wildman–Crippen LogP) is 2.68. The average Bonchev–Trinajstić information content (AvgIpc) is 3.23. The van der Waals surface area contributed by atoms with Crippen LogP contribution in [-0.2, 0) is 16.1 Å². The van der Waals surface area contributed by atoms with E-state index in [9.17, 15) is 18.8 Å². The highest BCUT2D eigenvalue weighted by Crippen LogP contribution is 2.29. The highest BCUT2D eigenvalue weighted by atomic mass is 32.1. The molecule has 2 N–H and O–H groups in total. The Labute approximate surface area is 200 Å². The van der Waals surface area contributed by atoms with Gasteiger partial charge in [-0.2, -0.15) is 4.98 Å². The summed E-state index contributed by atoms with van der Waals surface area (Å²) in [7, 11) is 0. The van der Waals surface area contributed by atoms with Gasteiger partial charge in [0.1, 0.15) is 23.4 Å². The molecule has 0 saturated carbocycles. The van der Waals surface area contributed by atoms with E-state index in [-0.39, 0.29) is 30.0 Å². The summed E-state index contributed by atoms with van der Waals surface area (Å²) in [6, 6.07) is 4.24. The number of rotatable bonds is 6. The van der Waals surface area contributed by atoms with E-state index in [1.54, 1.807) is 13.0 Å². The van der Waals surface area contributed by atoms with Gasteiger partial charge in [-0.25, -0.2) is 9.37 Å². The number of benzene rings is 1. The number of carbonyl (C=O) groups excluding carboxylic acids is 2. The molecule has 34 heavy (non-hydrogen) atoms. The number of hydrogen-bond acceptors (Lipinski definition) is 7. The van der Waals surface area contributed by atoms with Gasteiger partial charge in [0.2, 0.25) is 11.8 Å². The monoisotopic (exact) mass is 486 g/mol. The lowest BCUT2D eigenvalue weighted by Crippen LogP contribution is -2.42. The third-order valence-electron chi connectivity index (χ3n) is 5.73. The molecule has 2 aromatic heterocycles. The number of thiazole rings is 1. The molecule has 2 amide bonds. The van der Waals surface area contributed by atoms with Crippen molar-refractivity contribution >= 4 is 44.3 Å². The molecule has 9 nitrogen and oxygen atoms in total. The van der Waals surface area contributed by atoms with Gasteiger partial charge in [0.05, 0.1) is 0 Å². The second-order valence-electron chi connectivity index (χ2n) is 8.76. The molecule has 0 spiro atoms. The number of carbonyl (C=O) groups is 2. The minimum absolute atomic E-state index is 0.0244. The predicted molar refractivity (Wildman–Crippen MR) is 130 cm³/mol. The summed E-state index contributed by atoms with van der Waals surface area (Å²) < 4.78 is 15.1. The molecule has 11 heteroatoms. The summed E-state index contributed by atoms with van der Waals surface area (Å²) in [5, 5.41) is 6.28. The Morgan fingerprint density at radius 1 is 1.26 bits per heavy atom. The Balaban J connectivity index is 1.45. The maximum atomic E-state index is 13.5. The van der Waals surface area contributed by atoms with E-state index in [1.807, 2.05) is 13.8 Å². The van der Waals surface area contributed by atoms with Crippen LogP contribution in [-0.4, -0.2) is 45.5 Å². The van der Waals surface area contributed by atoms with Crippen molar-refractivity contribution < 1.29 is 14.0 Å². The number of nitrogens with one attached hydrogen (secondary N) is 2. The lowest BCUT2D eigenvalue weighted by atomic mass is 9.96. The molecule has 3 heterocycles. The highest BCUT2D eigenvalue weighted by molar-refractivity contribution is 7.22. The maximum Gasteiger partial charge on any atom is 0.273 e. The van der Waals surface area contributed by atoms with Crippen LogP contribution in [0.5, 0.6) is 0 Å². The standard InChI is InChI=1S/C23H27FN6O3S/c1-13(2)26-21(32)15-6-8-29(9-7-15)23-28-20-19(34-23)22(33)30(12-25-20)11-18(31)27-17-10-16(24)5-4-14(17)3/h4-5,10,12-13,15H,6-9,11H2,1-3H3,(H,26,32)(H,27,31). The first-order chi connectivity index (χ1) is 16.2. The van der Waals surface area contributed by atoms with Gasteiger partial charge >= 0.3 is 0 Å². The molecule has 1 aliphatic rings. The van der Waals surface area contributed by atoms with Crippen LogP contribution >= 0.6 is 11.3 Å². The van der Waals surface area contributed by atoms with E-state index >= 15 is 0 Å². The molecule has 1 saturated heterocycles. The number of fused-ring (bicyclic) bond motifs is 1. The second kappa shape index (κ2) is 9.88. The fourth-order valence-electron chi connectivity index (χ4n) is 3.89. The number of aryl methyl sites for hydroxylation is 1. The van der Waals surface area contributed by atoms with Gasteiger partial charge in [-0.05, 0) is 51.3 Å². The second-order valence-corrected chi connectivity index (χ2v) is 9.74. The Bertz CT molecular complexity index is 1280. The topological polar surface area (TPSA) is 109 Å². The molecule has 4 rings (SSSR count). The minimum Gasteiger partial charge on any atom is -0.354 e. The van der Waals surface area contributed by atoms with Gasteiger partial charge in [0.15, 0.2) is 10.8 Å². The van der Waals surface area contributed by atoms with Crippen LogP contribution in [0.25, 0.3) is 10.3 Å². The van der Waals surface area contributed by atoms with Crippen molar-refractivity contribution in [1.29, 1.82) is 0 Å². The van der Waals surface area contributed by atoms with Crippen molar-refractivity contribution in [2.45, 2.75) is 46.2 Å². The van der Waals surface area contributed by atoms with Crippen LogP contribution in [0.1, 0.15) is 32.3 Å². The van der Waals surface area contributed by atoms with E-state index in [0.29, 0.717) is 52.7 Å². The third-order valence-corrected chi connectivity index (χ3v) is 6.82. The number of anilines is 2. The largest absolute Gasteiger partial charge is 0.354 e. The zero-order valence-electron chi connectivity index (χ0n) is 19.3. The van der Waals surface area contributed by atoms with Crippen LogP contribution in [0.2, 0.25) is 0 Å². The van der Waals surface area contributed by atoms with Gasteiger partial charge in [-0.1, -0.05) is 17.4 Å². The van der Waals surface area contributed by atoms with Crippen molar-refractivity contribution in [3.05, 3.63) is 46.3 Å². The van der Waals surface area contributed by atoms with Crippen LogP contribution in [0.15, 0.2) is 29.3 Å². The Morgan fingerprint density at radius 3 is 2.71 bits per heavy atom. The molecular weight excluding hydrogens is 459 g/mol. The van der Waals surface area contributed by atoms with Crippen LogP contribution in [0, 0.1) is 18.7 Å². The summed E-state index contributed by atoms with van der Waals surface area (Å²) in [5.74, 6) is -0.856. The van der Waals surface area contributed by atoms with Crippen molar-refractivity contribution in [2.75, 3.05) is 23.3 Å². The fourth-order valence-corrected chi connectivity index (χ4v) is 4.91. The molecule has 0 aliphatic carbocycles. The molecule has 1 aliphatic heterocycles. The number of halogens is 1. The van der Waals surface area contributed by atoms with Gasteiger partial charge in [0.25, 0.3) is 5.56 Å². The van der Waals surface area contributed by atoms with Gasteiger partial charge in [-0.15, -0.1) is 0 Å². The Hall–Kier alpha value is -3.34. The van der Waals surface area contributed by atoms with Gasteiger partial charge < -0.3 is 15.5 Å². The average molecular weight is 487 g/mol. The number of hydrogen-bond donors (Lipinski definition) is 2.